The van der Waals surface area contributed by atoms with E-state index in [9.17, 15) is 4.39 Å². The zero-order valence-corrected chi connectivity index (χ0v) is 11.1. The summed E-state index contributed by atoms with van der Waals surface area (Å²) in [6, 6.07) is 10.3. The van der Waals surface area contributed by atoms with Crippen LogP contribution in [-0.2, 0) is 6.42 Å². The van der Waals surface area contributed by atoms with Crippen molar-refractivity contribution in [2.75, 3.05) is 0 Å². The zero-order valence-electron chi connectivity index (χ0n) is 11.1. The summed E-state index contributed by atoms with van der Waals surface area (Å²) in [6.45, 7) is 2.05. The highest BCUT2D eigenvalue weighted by Gasteiger charge is 2.13. The van der Waals surface area contributed by atoms with Crippen molar-refractivity contribution in [2.24, 2.45) is 0 Å². The van der Waals surface area contributed by atoms with Crippen molar-refractivity contribution in [3.63, 3.8) is 0 Å². The molecule has 3 nitrogen and oxygen atoms in total. The minimum atomic E-state index is -0.245. The number of halogens is 1. The molecule has 2 aromatic heterocycles. The quantitative estimate of drug-likeness (QED) is 0.783. The molecule has 4 heteroatoms. The molecular weight excluding hydrogens is 253 g/mol. The number of rotatable bonds is 3. The molecule has 0 aliphatic carbocycles. The van der Waals surface area contributed by atoms with Crippen molar-refractivity contribution < 1.29 is 4.39 Å². The Hall–Kier alpha value is -2.49. The van der Waals surface area contributed by atoms with E-state index in [-0.39, 0.29) is 5.82 Å². The Morgan fingerprint density at radius 3 is 2.35 bits per heavy atom. The summed E-state index contributed by atoms with van der Waals surface area (Å²) in [5, 5.41) is 0. The maximum absolute atomic E-state index is 13.1. The molecular formula is C16H14FN3. The van der Waals surface area contributed by atoms with Gasteiger partial charge in [0.2, 0.25) is 0 Å². The molecule has 100 valence electrons. The van der Waals surface area contributed by atoms with Crippen molar-refractivity contribution in [3.05, 3.63) is 60.4 Å². The lowest BCUT2D eigenvalue weighted by atomic mass is 10.1. The summed E-state index contributed by atoms with van der Waals surface area (Å²) in [5.41, 5.74) is 3.70. The monoisotopic (exact) mass is 267 g/mol. The average molecular weight is 267 g/mol. The van der Waals surface area contributed by atoms with E-state index in [1.54, 1.807) is 24.5 Å². The number of nitrogens with one attached hydrogen (secondary N) is 1. The molecule has 1 aromatic carbocycles. The van der Waals surface area contributed by atoms with Gasteiger partial charge in [0.1, 0.15) is 11.6 Å². The minimum Gasteiger partial charge on any atom is -0.341 e. The molecule has 0 fully saturated rings. The molecule has 1 N–H and O–H groups in total. The van der Waals surface area contributed by atoms with Gasteiger partial charge < -0.3 is 4.98 Å². The van der Waals surface area contributed by atoms with E-state index in [1.807, 2.05) is 19.1 Å². The number of aromatic nitrogens is 3. The lowest BCUT2D eigenvalue weighted by Gasteiger charge is -2.02. The number of pyridine rings is 1. The fourth-order valence-corrected chi connectivity index (χ4v) is 2.13. The van der Waals surface area contributed by atoms with Crippen molar-refractivity contribution in [3.8, 4) is 22.5 Å². The second-order valence-corrected chi connectivity index (χ2v) is 4.50. The summed E-state index contributed by atoms with van der Waals surface area (Å²) in [7, 11) is 0. The first-order valence-electron chi connectivity index (χ1n) is 6.53. The Morgan fingerprint density at radius 1 is 1.00 bits per heavy atom. The standard InChI is InChI=1S/C16H14FN3/c1-2-14-19-15(11-3-5-13(17)6-4-11)16(20-14)12-7-9-18-10-8-12/h3-10H,2H2,1H3,(H,19,20). The third-order valence-corrected chi connectivity index (χ3v) is 3.17. The SMILES string of the molecule is CCc1nc(-c2ccc(F)cc2)c(-c2ccncc2)[nH]1. The molecule has 0 saturated carbocycles. The van der Waals surface area contributed by atoms with Gasteiger partial charge in [-0.05, 0) is 36.4 Å². The van der Waals surface area contributed by atoms with E-state index in [2.05, 4.69) is 15.0 Å². The van der Waals surface area contributed by atoms with Crippen molar-refractivity contribution in [1.82, 2.24) is 15.0 Å². The number of hydrogen-bond donors (Lipinski definition) is 1. The van der Waals surface area contributed by atoms with Crippen molar-refractivity contribution in [2.45, 2.75) is 13.3 Å². The summed E-state index contributed by atoms with van der Waals surface area (Å²) >= 11 is 0. The van der Waals surface area contributed by atoms with Crippen LogP contribution in [0.15, 0.2) is 48.8 Å². The molecule has 0 saturated heterocycles. The first-order chi connectivity index (χ1) is 9.78. The van der Waals surface area contributed by atoms with Crippen LogP contribution < -0.4 is 0 Å². The number of benzene rings is 1. The molecule has 20 heavy (non-hydrogen) atoms. The average Bonchev–Trinajstić information content (AvgIpc) is 2.93. The zero-order chi connectivity index (χ0) is 13.9. The molecule has 0 atom stereocenters. The Balaban J connectivity index is 2.15. The van der Waals surface area contributed by atoms with E-state index < -0.39 is 0 Å². The number of imidazole rings is 1. The second kappa shape index (κ2) is 5.25. The molecule has 0 unspecified atom stereocenters. The number of aryl methyl sites for hydroxylation is 1. The molecule has 0 radical (unpaired) electrons. The largest absolute Gasteiger partial charge is 0.341 e. The fourth-order valence-electron chi connectivity index (χ4n) is 2.13. The normalized spacial score (nSPS) is 10.7. The predicted molar refractivity (Wildman–Crippen MR) is 76.6 cm³/mol. The predicted octanol–water partition coefficient (Wildman–Crippen LogP) is 3.84. The summed E-state index contributed by atoms with van der Waals surface area (Å²) in [4.78, 5) is 12.0. The van der Waals surface area contributed by atoms with Gasteiger partial charge in [0.05, 0.1) is 11.4 Å². The first-order valence-corrected chi connectivity index (χ1v) is 6.53. The number of nitrogens with zero attached hydrogens (tertiary/aromatic N) is 2. The van der Waals surface area contributed by atoms with Gasteiger partial charge in [-0.3, -0.25) is 4.98 Å². The van der Waals surface area contributed by atoms with Crippen LogP contribution in [0, 0.1) is 5.82 Å². The number of H-pyrrole nitrogens is 1. The molecule has 2 heterocycles. The van der Waals surface area contributed by atoms with Crippen LogP contribution in [0.3, 0.4) is 0 Å². The highest BCUT2D eigenvalue weighted by Crippen LogP contribution is 2.29. The molecule has 0 aliphatic heterocycles. The molecule has 0 aliphatic rings. The van der Waals surface area contributed by atoms with E-state index >= 15 is 0 Å². The Bertz CT molecular complexity index is 702. The molecule has 0 spiro atoms. The van der Waals surface area contributed by atoms with Crippen LogP contribution in [0.2, 0.25) is 0 Å². The maximum atomic E-state index is 13.1. The number of aromatic amines is 1. The van der Waals surface area contributed by atoms with Crippen molar-refractivity contribution in [1.29, 1.82) is 0 Å². The van der Waals surface area contributed by atoms with Gasteiger partial charge in [-0.2, -0.15) is 0 Å². The van der Waals surface area contributed by atoms with Gasteiger partial charge >= 0.3 is 0 Å². The van der Waals surface area contributed by atoms with Crippen LogP contribution >= 0.6 is 0 Å². The minimum absolute atomic E-state index is 0.245. The van der Waals surface area contributed by atoms with Gasteiger partial charge in [0.15, 0.2) is 0 Å². The Morgan fingerprint density at radius 2 is 1.70 bits per heavy atom. The second-order valence-electron chi connectivity index (χ2n) is 4.50. The maximum Gasteiger partial charge on any atom is 0.123 e. The summed E-state index contributed by atoms with van der Waals surface area (Å²) in [6.07, 6.45) is 4.31. The van der Waals surface area contributed by atoms with E-state index in [0.29, 0.717) is 0 Å². The van der Waals surface area contributed by atoms with E-state index in [4.69, 9.17) is 0 Å². The lowest BCUT2D eigenvalue weighted by molar-refractivity contribution is 0.628. The van der Waals surface area contributed by atoms with Crippen LogP contribution in [0.5, 0.6) is 0 Å². The molecule has 3 aromatic rings. The van der Waals surface area contributed by atoms with Gasteiger partial charge in [0, 0.05) is 29.9 Å². The van der Waals surface area contributed by atoms with Crippen LogP contribution in [0.1, 0.15) is 12.7 Å². The van der Waals surface area contributed by atoms with Crippen LogP contribution in [0.4, 0.5) is 4.39 Å². The third kappa shape index (κ3) is 2.32. The Labute approximate surface area is 116 Å². The Kier molecular flexibility index (Phi) is 3.29. The van der Waals surface area contributed by atoms with Gasteiger partial charge in [-0.1, -0.05) is 6.92 Å². The molecule has 3 rings (SSSR count). The summed E-state index contributed by atoms with van der Waals surface area (Å²) < 4.78 is 13.1. The number of hydrogen-bond acceptors (Lipinski definition) is 2. The fraction of sp³-hybridized carbons (Fsp3) is 0.125. The highest BCUT2D eigenvalue weighted by atomic mass is 19.1. The van der Waals surface area contributed by atoms with Crippen LogP contribution in [0.25, 0.3) is 22.5 Å². The van der Waals surface area contributed by atoms with E-state index in [0.717, 1.165) is 34.8 Å². The first kappa shape index (κ1) is 12.5. The topological polar surface area (TPSA) is 41.6 Å². The van der Waals surface area contributed by atoms with Gasteiger partial charge in [-0.25, -0.2) is 9.37 Å². The van der Waals surface area contributed by atoms with Gasteiger partial charge in [0.25, 0.3) is 0 Å². The lowest BCUT2D eigenvalue weighted by Crippen LogP contribution is -1.84. The third-order valence-electron chi connectivity index (χ3n) is 3.17. The van der Waals surface area contributed by atoms with Gasteiger partial charge in [-0.15, -0.1) is 0 Å². The smallest absolute Gasteiger partial charge is 0.123 e. The highest BCUT2D eigenvalue weighted by molar-refractivity contribution is 5.78. The molecule has 0 amide bonds. The van der Waals surface area contributed by atoms with Crippen molar-refractivity contribution >= 4 is 0 Å². The summed E-state index contributed by atoms with van der Waals surface area (Å²) in [5.74, 6) is 0.668. The van der Waals surface area contributed by atoms with Crippen LogP contribution in [-0.4, -0.2) is 15.0 Å². The molecule has 0 bridgehead atoms. The van der Waals surface area contributed by atoms with E-state index in [1.165, 1.54) is 12.1 Å².